The molecule has 0 spiro atoms. The van der Waals surface area contributed by atoms with Crippen LogP contribution in [0.1, 0.15) is 56.4 Å². The maximum Gasteiger partial charge on any atom is 0.433 e. The highest BCUT2D eigenvalue weighted by Gasteiger charge is 2.26. The quantitative estimate of drug-likeness (QED) is 0.597. The molecule has 2 amide bonds. The van der Waals surface area contributed by atoms with Gasteiger partial charge >= 0.3 is 6.09 Å². The third kappa shape index (κ3) is 5.41. The lowest BCUT2D eigenvalue weighted by molar-refractivity contribution is -0.171. The molecule has 0 atom stereocenters. The summed E-state index contributed by atoms with van der Waals surface area (Å²) in [7, 11) is 0. The molecule has 2 heterocycles. The number of amides is 2. The number of aromatic nitrogens is 2. The smallest absolute Gasteiger partial charge is 0.433 e. The first-order chi connectivity index (χ1) is 13.8. The van der Waals surface area contributed by atoms with E-state index in [1.54, 1.807) is 6.92 Å². The number of hydrogen-bond acceptors (Lipinski definition) is 6. The summed E-state index contributed by atoms with van der Waals surface area (Å²) in [6, 6.07) is 9.72. The van der Waals surface area contributed by atoms with Crippen molar-refractivity contribution in [3.63, 3.8) is 0 Å². The second kappa shape index (κ2) is 9.83. The van der Waals surface area contributed by atoms with Gasteiger partial charge in [0, 0.05) is 24.8 Å². The second-order valence-electron chi connectivity index (χ2n) is 6.76. The van der Waals surface area contributed by atoms with Crippen molar-refractivity contribution in [3.05, 3.63) is 57.5 Å². The van der Waals surface area contributed by atoms with Crippen LogP contribution >= 0.6 is 0 Å². The van der Waals surface area contributed by atoms with Gasteiger partial charge < -0.3 is 4.74 Å². The van der Waals surface area contributed by atoms with Gasteiger partial charge in [-0.1, -0.05) is 44.2 Å². The van der Waals surface area contributed by atoms with Gasteiger partial charge in [0.2, 0.25) is 0 Å². The van der Waals surface area contributed by atoms with E-state index in [4.69, 9.17) is 9.94 Å². The van der Waals surface area contributed by atoms with Crippen LogP contribution in [-0.2, 0) is 20.7 Å². The van der Waals surface area contributed by atoms with E-state index in [0.29, 0.717) is 17.7 Å². The maximum atomic E-state index is 12.2. The summed E-state index contributed by atoms with van der Waals surface area (Å²) < 4.78 is 6.22. The summed E-state index contributed by atoms with van der Waals surface area (Å²) in [6.45, 7) is 5.91. The lowest BCUT2D eigenvalue weighted by Crippen LogP contribution is -2.24. The van der Waals surface area contributed by atoms with E-state index in [0.717, 1.165) is 5.56 Å². The number of ether oxygens (including phenoxy) is 1. The molecular weight excluding hydrogens is 378 g/mol. The Kier molecular flexibility index (Phi) is 7.49. The minimum Gasteiger partial charge on any atom is -0.448 e. The SMILES string of the molecule is CCOC(=O)n1[nH]c(=O)c(Cc2ccccc2)c1C(C)C.O=C1CCC(=O)N1O. The zero-order valence-electron chi connectivity index (χ0n) is 16.7. The molecule has 1 saturated heterocycles. The molecule has 156 valence electrons. The van der Waals surface area contributed by atoms with Gasteiger partial charge in [-0.3, -0.25) is 24.7 Å². The molecule has 0 unspecified atom stereocenters. The first-order valence-corrected chi connectivity index (χ1v) is 9.35. The Bertz CT molecular complexity index is 913. The Morgan fingerprint density at radius 2 is 1.72 bits per heavy atom. The third-order valence-corrected chi connectivity index (χ3v) is 4.28. The molecule has 2 N–H and O–H groups in total. The number of nitrogens with zero attached hydrogens (tertiary/aromatic N) is 2. The highest BCUT2D eigenvalue weighted by molar-refractivity contribution is 6.00. The van der Waals surface area contributed by atoms with Gasteiger partial charge in [-0.05, 0) is 18.4 Å². The molecule has 3 rings (SSSR count). The summed E-state index contributed by atoms with van der Waals surface area (Å²) in [5, 5.41) is 11.2. The van der Waals surface area contributed by atoms with E-state index in [-0.39, 0.29) is 36.0 Å². The molecule has 0 aliphatic carbocycles. The number of carbonyl (C=O) groups is 3. The van der Waals surface area contributed by atoms with Crippen molar-refractivity contribution < 1.29 is 24.3 Å². The highest BCUT2D eigenvalue weighted by atomic mass is 16.6. The van der Waals surface area contributed by atoms with Crippen LogP contribution in [0.25, 0.3) is 0 Å². The predicted octanol–water partition coefficient (Wildman–Crippen LogP) is 2.42. The molecule has 9 heteroatoms. The minimum atomic E-state index is -0.544. The molecule has 1 aliphatic rings. The molecule has 0 saturated carbocycles. The van der Waals surface area contributed by atoms with Crippen molar-refractivity contribution in [2.45, 2.75) is 46.0 Å². The third-order valence-electron chi connectivity index (χ3n) is 4.28. The Labute approximate surface area is 167 Å². The number of nitrogens with one attached hydrogen (secondary N) is 1. The molecule has 29 heavy (non-hydrogen) atoms. The van der Waals surface area contributed by atoms with Gasteiger partial charge in [0.1, 0.15) is 0 Å². The number of H-pyrrole nitrogens is 1. The predicted molar refractivity (Wildman–Crippen MR) is 104 cm³/mol. The Hall–Kier alpha value is -3.20. The molecule has 1 aromatic carbocycles. The lowest BCUT2D eigenvalue weighted by atomic mass is 10.00. The molecule has 1 fully saturated rings. The molecule has 1 aliphatic heterocycles. The molecular formula is C20H25N3O6. The van der Waals surface area contributed by atoms with Gasteiger partial charge in [-0.25, -0.2) is 4.79 Å². The average Bonchev–Trinajstić information content (AvgIpc) is 3.17. The van der Waals surface area contributed by atoms with Crippen molar-refractivity contribution in [3.8, 4) is 0 Å². The van der Waals surface area contributed by atoms with Gasteiger partial charge in [0.15, 0.2) is 0 Å². The van der Waals surface area contributed by atoms with Crippen molar-refractivity contribution in [1.82, 2.24) is 14.8 Å². The van der Waals surface area contributed by atoms with Gasteiger partial charge in [-0.2, -0.15) is 9.75 Å². The van der Waals surface area contributed by atoms with E-state index in [1.807, 2.05) is 44.2 Å². The normalized spacial score (nSPS) is 13.5. The van der Waals surface area contributed by atoms with E-state index in [2.05, 4.69) is 5.10 Å². The van der Waals surface area contributed by atoms with E-state index >= 15 is 0 Å². The van der Waals surface area contributed by atoms with Crippen LogP contribution in [0, 0.1) is 0 Å². The summed E-state index contributed by atoms with van der Waals surface area (Å²) in [5.74, 6) is -0.975. The summed E-state index contributed by atoms with van der Waals surface area (Å²) >= 11 is 0. The lowest BCUT2D eigenvalue weighted by Gasteiger charge is -2.11. The first-order valence-electron chi connectivity index (χ1n) is 9.35. The van der Waals surface area contributed by atoms with Gasteiger partial charge in [0.25, 0.3) is 17.4 Å². The zero-order valence-corrected chi connectivity index (χ0v) is 16.7. The standard InChI is InChI=1S/C16H20N2O3.C4H5NO3/c1-4-21-16(20)18-14(11(2)3)13(15(19)17-18)10-12-8-6-5-7-9-12;6-3-1-2-4(7)5(3)8/h5-9,11H,4,10H2,1-3H3,(H,17,19);8H,1-2H2. The molecule has 1 aromatic heterocycles. The van der Waals surface area contributed by atoms with Crippen LogP contribution in [0.15, 0.2) is 35.1 Å². The molecule has 9 nitrogen and oxygen atoms in total. The fourth-order valence-electron chi connectivity index (χ4n) is 2.95. The highest BCUT2D eigenvalue weighted by Crippen LogP contribution is 2.20. The number of hydroxylamine groups is 2. The zero-order chi connectivity index (χ0) is 21.6. The van der Waals surface area contributed by atoms with Crippen molar-refractivity contribution in [1.29, 1.82) is 0 Å². The largest absolute Gasteiger partial charge is 0.448 e. The number of imide groups is 1. The second-order valence-corrected chi connectivity index (χ2v) is 6.76. The fourth-order valence-corrected chi connectivity index (χ4v) is 2.95. The van der Waals surface area contributed by atoms with Crippen LogP contribution in [0.5, 0.6) is 0 Å². The van der Waals surface area contributed by atoms with Crippen LogP contribution in [-0.4, -0.2) is 44.6 Å². The maximum absolute atomic E-state index is 12.2. The Morgan fingerprint density at radius 3 is 2.17 bits per heavy atom. The molecule has 0 radical (unpaired) electrons. The summed E-state index contributed by atoms with van der Waals surface area (Å²) in [6.07, 6.45) is 0.249. The average molecular weight is 403 g/mol. The summed E-state index contributed by atoms with van der Waals surface area (Å²) in [4.78, 5) is 44.6. The van der Waals surface area contributed by atoms with Crippen LogP contribution in [0.2, 0.25) is 0 Å². The van der Waals surface area contributed by atoms with E-state index in [1.165, 1.54) is 4.68 Å². The molecule has 2 aromatic rings. The topological polar surface area (TPSA) is 122 Å². The first kappa shape index (κ1) is 22.1. The van der Waals surface area contributed by atoms with Crippen molar-refractivity contribution in [2.75, 3.05) is 6.61 Å². The van der Waals surface area contributed by atoms with Crippen molar-refractivity contribution >= 4 is 17.9 Å². The van der Waals surface area contributed by atoms with Crippen LogP contribution < -0.4 is 5.56 Å². The van der Waals surface area contributed by atoms with Gasteiger partial charge in [0.05, 0.1) is 12.3 Å². The minimum absolute atomic E-state index is 0.0343. The number of carbonyl (C=O) groups excluding carboxylic acids is 3. The Balaban J connectivity index is 0.000000313. The Morgan fingerprint density at radius 1 is 1.14 bits per heavy atom. The van der Waals surface area contributed by atoms with E-state index in [9.17, 15) is 19.2 Å². The monoisotopic (exact) mass is 403 g/mol. The van der Waals surface area contributed by atoms with E-state index < -0.39 is 17.9 Å². The summed E-state index contributed by atoms with van der Waals surface area (Å²) in [5.41, 5.74) is 2.09. The number of rotatable bonds is 4. The molecule has 0 bridgehead atoms. The fraction of sp³-hybridized carbons (Fsp3) is 0.400. The van der Waals surface area contributed by atoms with Gasteiger partial charge in [-0.15, -0.1) is 0 Å². The number of benzene rings is 1. The number of hydrogen-bond donors (Lipinski definition) is 2. The van der Waals surface area contributed by atoms with Crippen LogP contribution in [0.4, 0.5) is 4.79 Å². The van der Waals surface area contributed by atoms with Crippen molar-refractivity contribution in [2.24, 2.45) is 0 Å². The van der Waals surface area contributed by atoms with Crippen LogP contribution in [0.3, 0.4) is 0 Å². The number of aromatic amines is 1.